The van der Waals surface area contributed by atoms with Crippen molar-refractivity contribution in [2.75, 3.05) is 26.2 Å². The quantitative estimate of drug-likeness (QED) is 0.885. The highest BCUT2D eigenvalue weighted by Crippen LogP contribution is 2.10. The van der Waals surface area contributed by atoms with Crippen molar-refractivity contribution in [1.82, 2.24) is 20.1 Å². The molecule has 3 rings (SSSR count). The highest BCUT2D eigenvalue weighted by molar-refractivity contribution is 5.99. The summed E-state index contributed by atoms with van der Waals surface area (Å²) in [6.45, 7) is 3.92. The lowest BCUT2D eigenvalue weighted by Crippen LogP contribution is -2.50. The summed E-state index contributed by atoms with van der Waals surface area (Å²) >= 11 is 0. The summed E-state index contributed by atoms with van der Waals surface area (Å²) in [6.07, 6.45) is 2.92. The Morgan fingerprint density at radius 3 is 2.26 bits per heavy atom. The topological polar surface area (TPSA) is 82.6 Å². The van der Waals surface area contributed by atoms with Gasteiger partial charge in [0.05, 0.1) is 11.1 Å². The first-order chi connectivity index (χ1) is 13.0. The van der Waals surface area contributed by atoms with E-state index in [1.807, 2.05) is 30.3 Å². The number of rotatable bonds is 4. The van der Waals surface area contributed by atoms with E-state index in [4.69, 9.17) is 0 Å². The third-order valence-corrected chi connectivity index (χ3v) is 4.56. The van der Waals surface area contributed by atoms with Crippen LogP contribution < -0.4 is 5.32 Å². The largest absolute Gasteiger partial charge is 0.348 e. The van der Waals surface area contributed by atoms with E-state index < -0.39 is 0 Å². The van der Waals surface area contributed by atoms with Crippen LogP contribution in [0.25, 0.3) is 0 Å². The van der Waals surface area contributed by atoms with Crippen LogP contribution in [0.15, 0.2) is 48.8 Å². The lowest BCUT2D eigenvalue weighted by molar-refractivity contribution is -0.130. The summed E-state index contributed by atoms with van der Waals surface area (Å²) < 4.78 is 0. The summed E-state index contributed by atoms with van der Waals surface area (Å²) in [6, 6.07) is 11.2. The average molecular weight is 366 g/mol. The Bertz CT molecular complexity index is 830. The fourth-order valence-electron chi connectivity index (χ4n) is 2.97. The Kier molecular flexibility index (Phi) is 5.80. The number of aromatic nitrogens is 1. The number of benzene rings is 1. The van der Waals surface area contributed by atoms with E-state index in [1.54, 1.807) is 15.9 Å². The molecule has 2 heterocycles. The molecule has 0 aliphatic carbocycles. The zero-order chi connectivity index (χ0) is 19.2. The monoisotopic (exact) mass is 366 g/mol. The van der Waals surface area contributed by atoms with Gasteiger partial charge in [-0.05, 0) is 11.6 Å². The summed E-state index contributed by atoms with van der Waals surface area (Å²) in [5, 5.41) is 2.83. The van der Waals surface area contributed by atoms with Crippen molar-refractivity contribution in [3.8, 4) is 0 Å². The van der Waals surface area contributed by atoms with E-state index >= 15 is 0 Å². The number of nitrogens with one attached hydrogen (secondary N) is 1. The van der Waals surface area contributed by atoms with Gasteiger partial charge in [0, 0.05) is 52.0 Å². The average Bonchev–Trinajstić information content (AvgIpc) is 2.72. The molecule has 0 atom stereocenters. The minimum Gasteiger partial charge on any atom is -0.348 e. The van der Waals surface area contributed by atoms with Crippen molar-refractivity contribution in [3.05, 3.63) is 65.5 Å². The van der Waals surface area contributed by atoms with Crippen LogP contribution in [0, 0.1) is 0 Å². The smallest absolute Gasteiger partial charge is 0.255 e. The Labute approximate surface area is 158 Å². The molecule has 0 radical (unpaired) electrons. The van der Waals surface area contributed by atoms with E-state index in [2.05, 4.69) is 10.3 Å². The number of pyridine rings is 1. The Morgan fingerprint density at radius 2 is 1.59 bits per heavy atom. The van der Waals surface area contributed by atoms with Gasteiger partial charge in [-0.1, -0.05) is 30.3 Å². The first kappa shape index (κ1) is 18.6. The van der Waals surface area contributed by atoms with E-state index in [9.17, 15) is 14.4 Å². The fraction of sp³-hybridized carbons (Fsp3) is 0.300. The van der Waals surface area contributed by atoms with E-state index in [-0.39, 0.29) is 17.7 Å². The molecule has 1 aromatic carbocycles. The highest BCUT2D eigenvalue weighted by atomic mass is 16.2. The van der Waals surface area contributed by atoms with Gasteiger partial charge in [-0.3, -0.25) is 19.4 Å². The lowest BCUT2D eigenvalue weighted by Gasteiger charge is -2.34. The zero-order valence-electron chi connectivity index (χ0n) is 15.2. The third kappa shape index (κ3) is 4.69. The van der Waals surface area contributed by atoms with Gasteiger partial charge in [-0.15, -0.1) is 0 Å². The second-order valence-electron chi connectivity index (χ2n) is 6.43. The predicted molar refractivity (Wildman–Crippen MR) is 100 cm³/mol. The van der Waals surface area contributed by atoms with Gasteiger partial charge >= 0.3 is 0 Å². The van der Waals surface area contributed by atoms with Crippen molar-refractivity contribution >= 4 is 17.7 Å². The molecule has 2 aromatic rings. The normalized spacial score (nSPS) is 14.0. The van der Waals surface area contributed by atoms with E-state index in [0.29, 0.717) is 43.9 Å². The van der Waals surface area contributed by atoms with Crippen LogP contribution in [0.4, 0.5) is 0 Å². The predicted octanol–water partition coefficient (Wildman–Crippen LogP) is 1.32. The molecule has 3 amide bonds. The molecular weight excluding hydrogens is 344 g/mol. The summed E-state index contributed by atoms with van der Waals surface area (Å²) in [7, 11) is 0. The molecule has 1 saturated heterocycles. The molecule has 7 nitrogen and oxygen atoms in total. The van der Waals surface area contributed by atoms with Crippen LogP contribution in [0.5, 0.6) is 0 Å². The van der Waals surface area contributed by atoms with Crippen LogP contribution in [0.1, 0.15) is 33.2 Å². The van der Waals surface area contributed by atoms with E-state index in [0.717, 1.165) is 5.56 Å². The second kappa shape index (κ2) is 8.44. The molecule has 1 aromatic heterocycles. The van der Waals surface area contributed by atoms with Gasteiger partial charge in [-0.25, -0.2) is 0 Å². The zero-order valence-corrected chi connectivity index (χ0v) is 15.2. The third-order valence-electron chi connectivity index (χ3n) is 4.56. The fourth-order valence-corrected chi connectivity index (χ4v) is 2.97. The first-order valence-electron chi connectivity index (χ1n) is 8.86. The molecule has 1 fully saturated rings. The number of carbonyl (C=O) groups excluding carboxylic acids is 3. The minimum absolute atomic E-state index is 0.0147. The van der Waals surface area contributed by atoms with Crippen LogP contribution in [-0.2, 0) is 11.3 Å². The lowest BCUT2D eigenvalue weighted by atomic mass is 10.1. The summed E-state index contributed by atoms with van der Waals surface area (Å²) in [5.74, 6) is -0.438. The number of hydrogen-bond donors (Lipinski definition) is 1. The summed E-state index contributed by atoms with van der Waals surface area (Å²) in [5.41, 5.74) is 1.71. The standard InChI is InChI=1S/C20H22N4O3/c1-15(25)23-7-9-24(10-8-23)20(27)18-11-17(13-21-14-18)19(26)22-12-16-5-3-2-4-6-16/h2-6,11,13-14H,7-10,12H2,1H3,(H,22,26). The van der Waals surface area contributed by atoms with Gasteiger partial charge in [-0.2, -0.15) is 0 Å². The molecule has 1 aliphatic rings. The minimum atomic E-state index is -0.276. The molecule has 140 valence electrons. The van der Waals surface area contributed by atoms with Crippen molar-refractivity contribution in [1.29, 1.82) is 0 Å². The Morgan fingerprint density at radius 1 is 0.963 bits per heavy atom. The van der Waals surface area contributed by atoms with Crippen LogP contribution >= 0.6 is 0 Å². The van der Waals surface area contributed by atoms with Gasteiger partial charge in [0.2, 0.25) is 5.91 Å². The van der Waals surface area contributed by atoms with E-state index in [1.165, 1.54) is 19.3 Å². The molecular formula is C20H22N4O3. The number of hydrogen-bond acceptors (Lipinski definition) is 4. The van der Waals surface area contributed by atoms with Gasteiger partial charge in [0.15, 0.2) is 0 Å². The van der Waals surface area contributed by atoms with Crippen molar-refractivity contribution in [2.45, 2.75) is 13.5 Å². The molecule has 0 unspecified atom stereocenters. The SMILES string of the molecule is CC(=O)N1CCN(C(=O)c2cncc(C(=O)NCc3ccccc3)c2)CC1. The second-order valence-corrected chi connectivity index (χ2v) is 6.43. The van der Waals surface area contributed by atoms with Crippen molar-refractivity contribution < 1.29 is 14.4 Å². The van der Waals surface area contributed by atoms with Gasteiger partial charge < -0.3 is 15.1 Å². The Balaban J connectivity index is 1.62. The first-order valence-corrected chi connectivity index (χ1v) is 8.86. The Hall–Kier alpha value is -3.22. The number of piperazine rings is 1. The van der Waals surface area contributed by atoms with Crippen molar-refractivity contribution in [3.63, 3.8) is 0 Å². The van der Waals surface area contributed by atoms with Gasteiger partial charge in [0.25, 0.3) is 11.8 Å². The van der Waals surface area contributed by atoms with Crippen LogP contribution in [0.2, 0.25) is 0 Å². The number of carbonyl (C=O) groups is 3. The summed E-state index contributed by atoms with van der Waals surface area (Å²) in [4.78, 5) is 43.9. The van der Waals surface area contributed by atoms with Gasteiger partial charge in [0.1, 0.15) is 0 Å². The molecule has 7 heteroatoms. The highest BCUT2D eigenvalue weighted by Gasteiger charge is 2.24. The molecule has 0 spiro atoms. The molecule has 0 bridgehead atoms. The number of nitrogens with zero attached hydrogens (tertiary/aromatic N) is 3. The maximum atomic E-state index is 12.7. The molecule has 1 aliphatic heterocycles. The van der Waals surface area contributed by atoms with Crippen LogP contribution in [-0.4, -0.2) is 58.7 Å². The van der Waals surface area contributed by atoms with Crippen LogP contribution in [0.3, 0.4) is 0 Å². The van der Waals surface area contributed by atoms with Crippen molar-refractivity contribution in [2.24, 2.45) is 0 Å². The number of amides is 3. The maximum absolute atomic E-state index is 12.7. The molecule has 27 heavy (non-hydrogen) atoms. The molecule has 1 N–H and O–H groups in total. The molecule has 0 saturated carbocycles. The maximum Gasteiger partial charge on any atom is 0.255 e.